The van der Waals surface area contributed by atoms with Gasteiger partial charge in [-0.1, -0.05) is 30.3 Å². The minimum atomic E-state index is -0.0511. The SMILES string of the molecule is CCOc1ccccc1OCCCC(=O)Nc1cccc2cccnc12. The summed E-state index contributed by atoms with van der Waals surface area (Å²) in [6.07, 6.45) is 2.71. The van der Waals surface area contributed by atoms with Crippen LogP contribution in [0.1, 0.15) is 19.8 Å². The molecule has 26 heavy (non-hydrogen) atoms. The van der Waals surface area contributed by atoms with E-state index in [9.17, 15) is 4.79 Å². The zero-order chi connectivity index (χ0) is 18.2. The van der Waals surface area contributed by atoms with Crippen molar-refractivity contribution in [2.45, 2.75) is 19.8 Å². The van der Waals surface area contributed by atoms with Gasteiger partial charge in [0.05, 0.1) is 24.4 Å². The van der Waals surface area contributed by atoms with Crippen LogP contribution in [0.4, 0.5) is 5.69 Å². The number of rotatable bonds is 8. The second-order valence-corrected chi connectivity index (χ2v) is 5.76. The molecule has 0 spiro atoms. The first-order valence-electron chi connectivity index (χ1n) is 8.76. The molecule has 3 aromatic rings. The molecule has 0 saturated heterocycles. The van der Waals surface area contributed by atoms with Crippen molar-refractivity contribution in [2.24, 2.45) is 0 Å². The average molecular weight is 350 g/mol. The fraction of sp³-hybridized carbons (Fsp3) is 0.238. The van der Waals surface area contributed by atoms with Gasteiger partial charge in [0.15, 0.2) is 11.5 Å². The van der Waals surface area contributed by atoms with Crippen molar-refractivity contribution >= 4 is 22.5 Å². The Labute approximate surface area is 153 Å². The highest BCUT2D eigenvalue weighted by Gasteiger charge is 2.08. The first-order valence-corrected chi connectivity index (χ1v) is 8.76. The number of hydrogen-bond donors (Lipinski definition) is 1. The van der Waals surface area contributed by atoms with E-state index >= 15 is 0 Å². The molecule has 1 aromatic heterocycles. The lowest BCUT2D eigenvalue weighted by atomic mass is 10.2. The van der Waals surface area contributed by atoms with Crippen molar-refractivity contribution < 1.29 is 14.3 Å². The maximum Gasteiger partial charge on any atom is 0.224 e. The highest BCUT2D eigenvalue weighted by molar-refractivity contribution is 6.00. The molecule has 0 saturated carbocycles. The second kappa shape index (κ2) is 8.85. The van der Waals surface area contributed by atoms with Gasteiger partial charge in [0.25, 0.3) is 0 Å². The van der Waals surface area contributed by atoms with Gasteiger partial charge in [-0.05, 0) is 37.6 Å². The van der Waals surface area contributed by atoms with Gasteiger partial charge in [-0.2, -0.15) is 0 Å². The molecular formula is C21H22N2O3. The number of fused-ring (bicyclic) bond motifs is 1. The summed E-state index contributed by atoms with van der Waals surface area (Å²) in [5.41, 5.74) is 1.53. The molecule has 0 atom stereocenters. The van der Waals surface area contributed by atoms with Crippen LogP contribution in [0.25, 0.3) is 10.9 Å². The number of nitrogens with zero attached hydrogens (tertiary/aromatic N) is 1. The molecule has 0 radical (unpaired) electrons. The van der Waals surface area contributed by atoms with Crippen LogP contribution >= 0.6 is 0 Å². The Balaban J connectivity index is 1.50. The molecule has 134 valence electrons. The largest absolute Gasteiger partial charge is 0.490 e. The normalized spacial score (nSPS) is 10.5. The van der Waals surface area contributed by atoms with Crippen LogP contribution in [0, 0.1) is 0 Å². The summed E-state index contributed by atoms with van der Waals surface area (Å²) in [6, 6.07) is 17.2. The fourth-order valence-corrected chi connectivity index (χ4v) is 2.68. The first kappa shape index (κ1) is 17.7. The lowest BCUT2D eigenvalue weighted by molar-refractivity contribution is -0.116. The van der Waals surface area contributed by atoms with E-state index in [1.165, 1.54) is 0 Å². The molecule has 0 aliphatic carbocycles. The molecule has 5 nitrogen and oxygen atoms in total. The molecule has 0 fully saturated rings. The van der Waals surface area contributed by atoms with Crippen LogP contribution in [0.15, 0.2) is 60.8 Å². The van der Waals surface area contributed by atoms with Crippen molar-refractivity contribution in [3.63, 3.8) is 0 Å². The number of carbonyl (C=O) groups excluding carboxylic acids is 1. The van der Waals surface area contributed by atoms with Crippen LogP contribution < -0.4 is 14.8 Å². The molecule has 1 amide bonds. The third-order valence-corrected chi connectivity index (χ3v) is 3.86. The second-order valence-electron chi connectivity index (χ2n) is 5.76. The average Bonchev–Trinajstić information content (AvgIpc) is 2.67. The number of pyridine rings is 1. The molecule has 0 aliphatic rings. The summed E-state index contributed by atoms with van der Waals surface area (Å²) in [4.78, 5) is 16.6. The molecule has 2 aromatic carbocycles. The van der Waals surface area contributed by atoms with Gasteiger partial charge in [-0.15, -0.1) is 0 Å². The van der Waals surface area contributed by atoms with Gasteiger partial charge in [0, 0.05) is 18.0 Å². The Kier molecular flexibility index (Phi) is 6.04. The quantitative estimate of drug-likeness (QED) is 0.611. The molecular weight excluding hydrogens is 328 g/mol. The molecule has 0 aliphatic heterocycles. The number of amides is 1. The standard InChI is InChI=1S/C21H22N2O3/c1-2-25-18-11-3-4-12-19(18)26-15-7-13-20(24)23-17-10-5-8-16-9-6-14-22-21(16)17/h3-6,8-12,14H,2,7,13,15H2,1H3,(H,23,24). The van der Waals surface area contributed by atoms with E-state index < -0.39 is 0 Å². The number of para-hydroxylation sites is 3. The molecule has 3 rings (SSSR count). The van der Waals surface area contributed by atoms with Crippen molar-refractivity contribution in [3.05, 3.63) is 60.8 Å². The van der Waals surface area contributed by atoms with Crippen molar-refractivity contribution in [1.82, 2.24) is 4.98 Å². The van der Waals surface area contributed by atoms with Crippen molar-refractivity contribution in [2.75, 3.05) is 18.5 Å². The maximum atomic E-state index is 12.2. The number of nitrogens with one attached hydrogen (secondary N) is 1. The van der Waals surface area contributed by atoms with E-state index in [1.807, 2.05) is 61.5 Å². The summed E-state index contributed by atoms with van der Waals surface area (Å²) < 4.78 is 11.3. The number of hydrogen-bond acceptors (Lipinski definition) is 4. The maximum absolute atomic E-state index is 12.2. The Bertz CT molecular complexity index is 875. The molecule has 0 bridgehead atoms. The predicted octanol–water partition coefficient (Wildman–Crippen LogP) is 4.43. The highest BCUT2D eigenvalue weighted by Crippen LogP contribution is 2.26. The van der Waals surface area contributed by atoms with Crippen molar-refractivity contribution in [1.29, 1.82) is 0 Å². The Morgan fingerprint density at radius 1 is 1.00 bits per heavy atom. The van der Waals surface area contributed by atoms with Crippen LogP contribution in [0.2, 0.25) is 0 Å². The van der Waals surface area contributed by atoms with E-state index in [2.05, 4.69) is 10.3 Å². The third-order valence-electron chi connectivity index (χ3n) is 3.86. The van der Waals surface area contributed by atoms with Gasteiger partial charge in [0.1, 0.15) is 0 Å². The lowest BCUT2D eigenvalue weighted by Gasteiger charge is -2.11. The van der Waals surface area contributed by atoms with E-state index in [0.717, 1.165) is 22.3 Å². The molecule has 1 heterocycles. The predicted molar refractivity (Wildman–Crippen MR) is 103 cm³/mol. The Hall–Kier alpha value is -3.08. The van der Waals surface area contributed by atoms with Crippen LogP contribution in [-0.4, -0.2) is 24.1 Å². The highest BCUT2D eigenvalue weighted by atomic mass is 16.5. The minimum absolute atomic E-state index is 0.0511. The summed E-state index contributed by atoms with van der Waals surface area (Å²) >= 11 is 0. The van der Waals surface area contributed by atoms with Gasteiger partial charge in [-0.3, -0.25) is 9.78 Å². The van der Waals surface area contributed by atoms with Crippen LogP contribution in [0.5, 0.6) is 11.5 Å². The van der Waals surface area contributed by atoms with Gasteiger partial charge in [-0.25, -0.2) is 0 Å². The van der Waals surface area contributed by atoms with Gasteiger partial charge in [0.2, 0.25) is 5.91 Å². The van der Waals surface area contributed by atoms with E-state index in [-0.39, 0.29) is 5.91 Å². The Morgan fingerprint density at radius 2 is 1.77 bits per heavy atom. The minimum Gasteiger partial charge on any atom is -0.490 e. The van der Waals surface area contributed by atoms with Gasteiger partial charge >= 0.3 is 0 Å². The monoisotopic (exact) mass is 350 g/mol. The number of aromatic nitrogens is 1. The van der Waals surface area contributed by atoms with Gasteiger partial charge < -0.3 is 14.8 Å². The summed E-state index contributed by atoms with van der Waals surface area (Å²) in [5, 5.41) is 3.93. The molecule has 1 N–H and O–H groups in total. The lowest BCUT2D eigenvalue weighted by Crippen LogP contribution is -2.13. The van der Waals surface area contributed by atoms with E-state index in [0.29, 0.717) is 31.8 Å². The number of carbonyl (C=O) groups is 1. The summed E-state index contributed by atoms with van der Waals surface area (Å²) in [6.45, 7) is 2.97. The Morgan fingerprint density at radius 3 is 2.58 bits per heavy atom. The van der Waals surface area contributed by atoms with Crippen molar-refractivity contribution in [3.8, 4) is 11.5 Å². The van der Waals surface area contributed by atoms with E-state index in [4.69, 9.17) is 9.47 Å². The molecule has 0 unspecified atom stereocenters. The third kappa shape index (κ3) is 4.51. The van der Waals surface area contributed by atoms with Crippen LogP contribution in [-0.2, 0) is 4.79 Å². The first-order chi connectivity index (χ1) is 12.8. The number of anilines is 1. The topological polar surface area (TPSA) is 60.5 Å². The molecule has 5 heteroatoms. The smallest absolute Gasteiger partial charge is 0.224 e. The number of benzene rings is 2. The van der Waals surface area contributed by atoms with Crippen LogP contribution in [0.3, 0.4) is 0 Å². The zero-order valence-corrected chi connectivity index (χ0v) is 14.8. The summed E-state index contributed by atoms with van der Waals surface area (Å²) in [5.74, 6) is 1.37. The fourth-order valence-electron chi connectivity index (χ4n) is 2.68. The zero-order valence-electron chi connectivity index (χ0n) is 14.8. The van der Waals surface area contributed by atoms with E-state index in [1.54, 1.807) is 6.20 Å². The summed E-state index contributed by atoms with van der Waals surface area (Å²) in [7, 11) is 0. The number of ether oxygens (including phenoxy) is 2.